The summed E-state index contributed by atoms with van der Waals surface area (Å²) in [5.41, 5.74) is 3.52. The minimum Gasteiger partial charge on any atom is -0.347 e. The summed E-state index contributed by atoms with van der Waals surface area (Å²) in [5, 5.41) is 9.33. The molecule has 0 aromatic carbocycles. The molecule has 0 aromatic rings. The molecule has 4 heteroatoms. The highest BCUT2D eigenvalue weighted by Gasteiger charge is 2.30. The third-order valence-corrected chi connectivity index (χ3v) is 1.29. The van der Waals surface area contributed by atoms with Gasteiger partial charge >= 0.3 is 5.91 Å². The first-order valence-electron chi connectivity index (χ1n) is 2.55. The Hall–Kier alpha value is -0.610. The molecule has 1 atom stereocenters. The zero-order chi connectivity index (χ0) is 6.15. The van der Waals surface area contributed by atoms with Gasteiger partial charge in [-0.3, -0.25) is 10.0 Å². The summed E-state index contributed by atoms with van der Waals surface area (Å²) in [6.07, 6.45) is 0.676. The minimum atomic E-state index is -0.259. The fourth-order valence-corrected chi connectivity index (χ4v) is 0.723. The topological polar surface area (TPSA) is 68.2 Å². The first-order valence-corrected chi connectivity index (χ1v) is 2.55. The standard InChI is InChI=1S/C4H8N2O2/c5-3-1-2-6(8)4(3)7/h3,8H,1-2,5H2/p+1/t3-/m0/s1. The number of rotatable bonds is 0. The second-order valence-electron chi connectivity index (χ2n) is 1.95. The Bertz CT molecular complexity index is 103. The van der Waals surface area contributed by atoms with Gasteiger partial charge in [-0.25, -0.2) is 5.06 Å². The molecule has 1 rings (SSSR count). The second kappa shape index (κ2) is 1.72. The monoisotopic (exact) mass is 117 g/mol. The molecular formula is C4H9N2O2+. The van der Waals surface area contributed by atoms with Crippen LogP contribution < -0.4 is 5.73 Å². The van der Waals surface area contributed by atoms with Gasteiger partial charge in [0, 0.05) is 6.42 Å². The minimum absolute atomic E-state index is 0.222. The van der Waals surface area contributed by atoms with Crippen LogP contribution in [0.25, 0.3) is 0 Å². The van der Waals surface area contributed by atoms with Crippen molar-refractivity contribution in [2.75, 3.05) is 6.54 Å². The number of hydrogen-bond acceptors (Lipinski definition) is 2. The normalized spacial score (nSPS) is 29.5. The first kappa shape index (κ1) is 5.53. The van der Waals surface area contributed by atoms with E-state index in [0.717, 1.165) is 5.06 Å². The van der Waals surface area contributed by atoms with Gasteiger partial charge in [0.15, 0.2) is 6.04 Å². The summed E-state index contributed by atoms with van der Waals surface area (Å²) in [4.78, 5) is 10.5. The van der Waals surface area contributed by atoms with Crippen molar-refractivity contribution in [3.63, 3.8) is 0 Å². The Kier molecular flexibility index (Phi) is 1.19. The number of quaternary nitrogens is 1. The summed E-state index contributed by atoms with van der Waals surface area (Å²) >= 11 is 0. The number of carbonyl (C=O) groups excluding carboxylic acids is 1. The van der Waals surface area contributed by atoms with Crippen LogP contribution >= 0.6 is 0 Å². The summed E-state index contributed by atoms with van der Waals surface area (Å²) in [6.45, 7) is 0.438. The van der Waals surface area contributed by atoms with Gasteiger partial charge in [0.25, 0.3) is 0 Å². The molecular weight excluding hydrogens is 108 g/mol. The number of hydrogen-bond donors (Lipinski definition) is 2. The molecule has 1 aliphatic heterocycles. The van der Waals surface area contributed by atoms with Crippen LogP contribution in [0.1, 0.15) is 6.42 Å². The van der Waals surface area contributed by atoms with E-state index in [4.69, 9.17) is 5.21 Å². The van der Waals surface area contributed by atoms with Crippen molar-refractivity contribution in [2.45, 2.75) is 12.5 Å². The molecule has 0 bridgehead atoms. The lowest BCUT2D eigenvalue weighted by Crippen LogP contribution is -2.64. The number of nitrogens with zero attached hydrogens (tertiary/aromatic N) is 1. The molecule has 8 heavy (non-hydrogen) atoms. The molecule has 0 radical (unpaired) electrons. The van der Waals surface area contributed by atoms with Crippen molar-refractivity contribution in [3.05, 3.63) is 0 Å². The fraction of sp³-hybridized carbons (Fsp3) is 0.750. The van der Waals surface area contributed by atoms with E-state index in [1.165, 1.54) is 0 Å². The lowest BCUT2D eigenvalue weighted by atomic mass is 10.3. The number of amides is 1. The number of carbonyl (C=O) groups is 1. The lowest BCUT2D eigenvalue weighted by Gasteiger charge is -2.01. The molecule has 1 saturated heterocycles. The van der Waals surface area contributed by atoms with Crippen molar-refractivity contribution in [1.82, 2.24) is 5.06 Å². The summed E-state index contributed by atoms with van der Waals surface area (Å²) in [6, 6.07) is -0.222. The predicted octanol–water partition coefficient (Wildman–Crippen LogP) is -1.78. The van der Waals surface area contributed by atoms with E-state index in [-0.39, 0.29) is 11.9 Å². The van der Waals surface area contributed by atoms with Gasteiger partial charge in [-0.15, -0.1) is 0 Å². The van der Waals surface area contributed by atoms with Gasteiger partial charge in [-0.1, -0.05) is 0 Å². The van der Waals surface area contributed by atoms with Crippen LogP contribution in [0.3, 0.4) is 0 Å². The highest BCUT2D eigenvalue weighted by Crippen LogP contribution is 2.02. The summed E-state index contributed by atoms with van der Waals surface area (Å²) in [5.74, 6) is -0.259. The molecule has 4 nitrogen and oxygen atoms in total. The maximum Gasteiger partial charge on any atom is 0.304 e. The van der Waals surface area contributed by atoms with Gasteiger partial charge in [-0.2, -0.15) is 0 Å². The highest BCUT2D eigenvalue weighted by molar-refractivity contribution is 5.81. The Morgan fingerprint density at radius 2 is 2.50 bits per heavy atom. The molecule has 46 valence electrons. The quantitative estimate of drug-likeness (QED) is 0.368. The fourth-order valence-electron chi connectivity index (χ4n) is 0.723. The first-order chi connectivity index (χ1) is 3.72. The number of hydroxylamine groups is 2. The average Bonchev–Trinajstić information content (AvgIpc) is 1.98. The van der Waals surface area contributed by atoms with E-state index < -0.39 is 0 Å². The van der Waals surface area contributed by atoms with E-state index >= 15 is 0 Å². The molecule has 1 heterocycles. The molecule has 4 N–H and O–H groups in total. The summed E-state index contributed by atoms with van der Waals surface area (Å²) in [7, 11) is 0. The lowest BCUT2D eigenvalue weighted by molar-refractivity contribution is -0.402. The molecule has 1 aliphatic rings. The average molecular weight is 117 g/mol. The van der Waals surface area contributed by atoms with Crippen LogP contribution in [0, 0.1) is 0 Å². The van der Waals surface area contributed by atoms with E-state index in [0.29, 0.717) is 13.0 Å². The van der Waals surface area contributed by atoms with Crippen molar-refractivity contribution < 1.29 is 15.7 Å². The smallest absolute Gasteiger partial charge is 0.304 e. The zero-order valence-corrected chi connectivity index (χ0v) is 4.50. The zero-order valence-electron chi connectivity index (χ0n) is 4.50. The van der Waals surface area contributed by atoms with Gasteiger partial charge < -0.3 is 5.73 Å². The van der Waals surface area contributed by atoms with Crippen molar-refractivity contribution in [1.29, 1.82) is 0 Å². The van der Waals surface area contributed by atoms with Crippen molar-refractivity contribution >= 4 is 5.91 Å². The third-order valence-electron chi connectivity index (χ3n) is 1.29. The van der Waals surface area contributed by atoms with Gasteiger partial charge in [0.1, 0.15) is 0 Å². The van der Waals surface area contributed by atoms with Crippen molar-refractivity contribution in [2.24, 2.45) is 0 Å². The van der Waals surface area contributed by atoms with Crippen LogP contribution in [0.5, 0.6) is 0 Å². The van der Waals surface area contributed by atoms with Crippen LogP contribution in [0.2, 0.25) is 0 Å². The van der Waals surface area contributed by atoms with Gasteiger partial charge in [-0.05, 0) is 0 Å². The SMILES string of the molecule is [NH3+][C@H]1CCN(O)C1=O. The van der Waals surface area contributed by atoms with E-state index in [2.05, 4.69) is 5.73 Å². The molecule has 0 unspecified atom stereocenters. The summed E-state index contributed by atoms with van der Waals surface area (Å²) < 4.78 is 0. The maximum atomic E-state index is 10.5. The Morgan fingerprint density at radius 3 is 2.62 bits per heavy atom. The largest absolute Gasteiger partial charge is 0.347 e. The van der Waals surface area contributed by atoms with E-state index in [1.54, 1.807) is 0 Å². The van der Waals surface area contributed by atoms with Crippen LogP contribution in [0.15, 0.2) is 0 Å². The van der Waals surface area contributed by atoms with Crippen LogP contribution in [0.4, 0.5) is 0 Å². The molecule has 0 aromatic heterocycles. The predicted molar refractivity (Wildman–Crippen MR) is 24.8 cm³/mol. The Labute approximate surface area is 46.8 Å². The Morgan fingerprint density at radius 1 is 1.88 bits per heavy atom. The highest BCUT2D eigenvalue weighted by atomic mass is 16.5. The van der Waals surface area contributed by atoms with E-state index in [1.807, 2.05) is 0 Å². The maximum absolute atomic E-state index is 10.5. The van der Waals surface area contributed by atoms with Crippen LogP contribution in [-0.4, -0.2) is 28.8 Å². The molecule has 0 aliphatic carbocycles. The van der Waals surface area contributed by atoms with Crippen molar-refractivity contribution in [3.8, 4) is 0 Å². The van der Waals surface area contributed by atoms with Gasteiger partial charge in [0.05, 0.1) is 6.54 Å². The molecule has 0 saturated carbocycles. The molecule has 0 spiro atoms. The molecule has 1 fully saturated rings. The third kappa shape index (κ3) is 0.677. The van der Waals surface area contributed by atoms with Crippen LogP contribution in [-0.2, 0) is 4.79 Å². The van der Waals surface area contributed by atoms with Gasteiger partial charge in [0.2, 0.25) is 0 Å². The second-order valence-corrected chi connectivity index (χ2v) is 1.95. The Balaban J connectivity index is 2.57. The van der Waals surface area contributed by atoms with E-state index in [9.17, 15) is 4.79 Å². The molecule has 1 amide bonds.